The molecule has 90 valence electrons. The fourth-order valence-corrected chi connectivity index (χ4v) is 2.59. The monoisotopic (exact) mass is 222 g/mol. The normalized spacial score (nSPS) is 26.0. The Hall–Kier alpha value is -0.590. The van der Waals surface area contributed by atoms with E-state index < -0.39 is 0 Å². The van der Waals surface area contributed by atoms with Crippen molar-refractivity contribution in [2.75, 3.05) is 13.2 Å². The third-order valence-electron chi connectivity index (χ3n) is 4.06. The van der Waals surface area contributed by atoms with E-state index in [9.17, 15) is 0 Å². The van der Waals surface area contributed by atoms with Gasteiger partial charge in [0.15, 0.2) is 0 Å². The van der Waals surface area contributed by atoms with E-state index in [1.165, 1.54) is 19.3 Å². The van der Waals surface area contributed by atoms with Crippen LogP contribution in [0.15, 0.2) is 0 Å². The van der Waals surface area contributed by atoms with Crippen LogP contribution in [0.1, 0.15) is 51.4 Å². The minimum absolute atomic E-state index is 0.0824. The first-order valence-corrected chi connectivity index (χ1v) is 6.42. The van der Waals surface area contributed by atoms with Gasteiger partial charge in [0.25, 0.3) is 0 Å². The molecule has 0 amide bonds. The molecule has 16 heavy (non-hydrogen) atoms. The van der Waals surface area contributed by atoms with Crippen molar-refractivity contribution < 1.29 is 4.74 Å². The number of hydrogen-bond donors (Lipinski definition) is 1. The Bertz CT molecular complexity index is 272. The average Bonchev–Trinajstić information content (AvgIpc) is 2.99. The minimum Gasteiger partial charge on any atom is -0.379 e. The summed E-state index contributed by atoms with van der Waals surface area (Å²) in [6.07, 6.45) is 8.93. The SMILES string of the molecule is N#CCC1(COCC2(N)CCCCC2)CC1. The van der Waals surface area contributed by atoms with Gasteiger partial charge >= 0.3 is 0 Å². The third kappa shape index (κ3) is 2.96. The summed E-state index contributed by atoms with van der Waals surface area (Å²) >= 11 is 0. The standard InChI is InChI=1S/C13H22N2O/c14-9-8-12(6-7-12)10-16-11-13(15)4-2-1-3-5-13/h1-8,10-11,15H2. The van der Waals surface area contributed by atoms with Crippen LogP contribution in [0.3, 0.4) is 0 Å². The Balaban J connectivity index is 1.69. The van der Waals surface area contributed by atoms with Gasteiger partial charge in [0.1, 0.15) is 0 Å². The van der Waals surface area contributed by atoms with Crippen molar-refractivity contribution in [3.05, 3.63) is 0 Å². The van der Waals surface area contributed by atoms with Crippen LogP contribution in [0.2, 0.25) is 0 Å². The maximum atomic E-state index is 8.71. The lowest BCUT2D eigenvalue weighted by Crippen LogP contribution is -2.46. The zero-order valence-electron chi connectivity index (χ0n) is 10.0. The smallest absolute Gasteiger partial charge is 0.0646 e. The van der Waals surface area contributed by atoms with Crippen molar-refractivity contribution in [2.24, 2.45) is 11.1 Å². The Morgan fingerprint density at radius 3 is 2.31 bits per heavy atom. The van der Waals surface area contributed by atoms with E-state index in [2.05, 4.69) is 6.07 Å². The molecule has 0 bridgehead atoms. The summed E-state index contributed by atoms with van der Waals surface area (Å²) in [7, 11) is 0. The molecule has 0 radical (unpaired) electrons. The van der Waals surface area contributed by atoms with Gasteiger partial charge in [-0.1, -0.05) is 19.3 Å². The first-order chi connectivity index (χ1) is 7.68. The second kappa shape index (κ2) is 4.73. The molecular formula is C13H22N2O. The van der Waals surface area contributed by atoms with Gasteiger partial charge in [-0.15, -0.1) is 0 Å². The Kier molecular flexibility index (Phi) is 3.51. The van der Waals surface area contributed by atoms with Crippen LogP contribution in [0, 0.1) is 16.7 Å². The Morgan fingerprint density at radius 2 is 1.75 bits per heavy atom. The lowest BCUT2D eigenvalue weighted by Gasteiger charge is -2.33. The van der Waals surface area contributed by atoms with E-state index in [0.717, 1.165) is 32.3 Å². The Labute approximate surface area is 98.0 Å². The highest BCUT2D eigenvalue weighted by atomic mass is 16.5. The van der Waals surface area contributed by atoms with E-state index in [1.54, 1.807) is 0 Å². The molecule has 0 unspecified atom stereocenters. The molecule has 0 spiro atoms. The molecular weight excluding hydrogens is 200 g/mol. The molecule has 0 atom stereocenters. The Morgan fingerprint density at radius 1 is 1.06 bits per heavy atom. The summed E-state index contributed by atoms with van der Waals surface area (Å²) in [6.45, 7) is 1.42. The summed E-state index contributed by atoms with van der Waals surface area (Å²) in [6, 6.07) is 2.26. The molecule has 2 N–H and O–H groups in total. The number of hydrogen-bond acceptors (Lipinski definition) is 3. The van der Waals surface area contributed by atoms with Gasteiger partial charge < -0.3 is 10.5 Å². The van der Waals surface area contributed by atoms with Crippen molar-refractivity contribution in [3.63, 3.8) is 0 Å². The van der Waals surface area contributed by atoms with Crippen LogP contribution in [0.25, 0.3) is 0 Å². The van der Waals surface area contributed by atoms with E-state index in [4.69, 9.17) is 15.7 Å². The van der Waals surface area contributed by atoms with E-state index in [0.29, 0.717) is 13.0 Å². The highest BCUT2D eigenvalue weighted by Gasteiger charge is 2.43. The summed E-state index contributed by atoms with van der Waals surface area (Å²) in [4.78, 5) is 0. The zero-order chi connectivity index (χ0) is 11.5. The van der Waals surface area contributed by atoms with Crippen molar-refractivity contribution in [1.82, 2.24) is 0 Å². The van der Waals surface area contributed by atoms with Crippen LogP contribution in [0.5, 0.6) is 0 Å². The molecule has 3 nitrogen and oxygen atoms in total. The fourth-order valence-electron chi connectivity index (χ4n) is 2.59. The summed E-state index contributed by atoms with van der Waals surface area (Å²) in [5.74, 6) is 0. The van der Waals surface area contributed by atoms with E-state index in [1.807, 2.05) is 0 Å². The van der Waals surface area contributed by atoms with Crippen LogP contribution in [0.4, 0.5) is 0 Å². The van der Waals surface area contributed by atoms with Crippen molar-refractivity contribution >= 4 is 0 Å². The highest BCUT2D eigenvalue weighted by molar-refractivity contribution is 4.99. The van der Waals surface area contributed by atoms with Crippen LogP contribution < -0.4 is 5.73 Å². The molecule has 3 heteroatoms. The lowest BCUT2D eigenvalue weighted by atomic mass is 9.83. The number of nitrogens with zero attached hydrogens (tertiary/aromatic N) is 1. The average molecular weight is 222 g/mol. The molecule has 2 fully saturated rings. The van der Waals surface area contributed by atoms with Gasteiger partial charge in [-0.05, 0) is 25.7 Å². The van der Waals surface area contributed by atoms with Crippen molar-refractivity contribution in [3.8, 4) is 6.07 Å². The van der Waals surface area contributed by atoms with E-state index >= 15 is 0 Å². The number of nitriles is 1. The molecule has 2 rings (SSSR count). The van der Waals surface area contributed by atoms with Crippen molar-refractivity contribution in [1.29, 1.82) is 5.26 Å². The largest absolute Gasteiger partial charge is 0.379 e. The molecule has 2 aliphatic carbocycles. The molecule has 2 aliphatic rings. The lowest BCUT2D eigenvalue weighted by molar-refractivity contribution is 0.0408. The van der Waals surface area contributed by atoms with Gasteiger partial charge in [0.2, 0.25) is 0 Å². The predicted molar refractivity (Wildman–Crippen MR) is 62.7 cm³/mol. The minimum atomic E-state index is -0.0824. The molecule has 0 heterocycles. The predicted octanol–water partition coefficient (Wildman–Crippen LogP) is 2.36. The van der Waals surface area contributed by atoms with Crippen LogP contribution in [-0.2, 0) is 4.74 Å². The van der Waals surface area contributed by atoms with Crippen LogP contribution >= 0.6 is 0 Å². The molecule has 0 saturated heterocycles. The van der Waals surface area contributed by atoms with Crippen molar-refractivity contribution in [2.45, 2.75) is 56.9 Å². The van der Waals surface area contributed by atoms with Gasteiger partial charge in [-0.2, -0.15) is 5.26 Å². The third-order valence-corrected chi connectivity index (χ3v) is 4.06. The number of rotatable bonds is 5. The van der Waals surface area contributed by atoms with Gasteiger partial charge in [-0.3, -0.25) is 0 Å². The number of nitrogens with two attached hydrogens (primary N) is 1. The number of ether oxygens (including phenoxy) is 1. The molecule has 0 aromatic carbocycles. The molecule has 0 aliphatic heterocycles. The maximum Gasteiger partial charge on any atom is 0.0646 e. The molecule has 0 aromatic rings. The summed E-state index contributed by atoms with van der Waals surface area (Å²) < 4.78 is 5.78. The highest BCUT2D eigenvalue weighted by Crippen LogP contribution is 2.48. The summed E-state index contributed by atoms with van der Waals surface area (Å²) in [5, 5.41) is 8.71. The first kappa shape index (κ1) is 11.9. The van der Waals surface area contributed by atoms with Gasteiger partial charge in [0.05, 0.1) is 19.3 Å². The molecule has 2 saturated carbocycles. The fraction of sp³-hybridized carbons (Fsp3) is 0.923. The quantitative estimate of drug-likeness (QED) is 0.776. The topological polar surface area (TPSA) is 59.0 Å². The van der Waals surface area contributed by atoms with Crippen LogP contribution in [-0.4, -0.2) is 18.8 Å². The van der Waals surface area contributed by atoms with E-state index in [-0.39, 0.29) is 11.0 Å². The van der Waals surface area contributed by atoms with Gasteiger partial charge in [-0.25, -0.2) is 0 Å². The zero-order valence-corrected chi connectivity index (χ0v) is 10.0. The second-order valence-electron chi connectivity index (χ2n) is 5.75. The maximum absolute atomic E-state index is 8.71. The molecule has 0 aromatic heterocycles. The van der Waals surface area contributed by atoms with Gasteiger partial charge in [0, 0.05) is 17.4 Å². The second-order valence-corrected chi connectivity index (χ2v) is 5.75. The first-order valence-electron chi connectivity index (χ1n) is 6.42. The summed E-state index contributed by atoms with van der Waals surface area (Å²) in [5.41, 5.74) is 6.40.